The second kappa shape index (κ2) is 6.32. The summed E-state index contributed by atoms with van der Waals surface area (Å²) in [6.45, 7) is 0.845. The molecule has 2 atom stereocenters. The van der Waals surface area contributed by atoms with Gasteiger partial charge in [-0.15, -0.1) is 0 Å². The highest BCUT2D eigenvalue weighted by molar-refractivity contribution is 5.14. The summed E-state index contributed by atoms with van der Waals surface area (Å²) in [6, 6.07) is 10.5. The van der Waals surface area contributed by atoms with Gasteiger partial charge in [0, 0.05) is 12.1 Å². The van der Waals surface area contributed by atoms with E-state index in [0.29, 0.717) is 0 Å². The van der Waals surface area contributed by atoms with Crippen LogP contribution in [0.5, 0.6) is 0 Å². The van der Waals surface area contributed by atoms with Crippen molar-refractivity contribution in [3.63, 3.8) is 0 Å². The summed E-state index contributed by atoms with van der Waals surface area (Å²) in [4.78, 5) is 0. The van der Waals surface area contributed by atoms with Crippen LogP contribution in [-0.4, -0.2) is 30.0 Å². The van der Waals surface area contributed by atoms with Crippen molar-refractivity contribution < 1.29 is 9.84 Å². The normalized spacial score (nSPS) is 27.6. The Morgan fingerprint density at radius 2 is 2.11 bits per heavy atom. The van der Waals surface area contributed by atoms with Crippen molar-refractivity contribution in [1.82, 2.24) is 0 Å². The zero-order valence-electron chi connectivity index (χ0n) is 10.8. The molecule has 1 saturated carbocycles. The zero-order chi connectivity index (χ0) is 12.8. The van der Waals surface area contributed by atoms with Crippen molar-refractivity contribution in [1.29, 1.82) is 0 Å². The standard InChI is InChI=1S/C15H23NO2/c16-15(12-17)9-8-14(11-15)18-10-4-7-13-5-2-1-3-6-13/h1-3,5-6,14,17H,4,7-12,16H2. The number of hydrogen-bond donors (Lipinski definition) is 2. The molecule has 1 aliphatic carbocycles. The van der Waals surface area contributed by atoms with Crippen LogP contribution in [0.2, 0.25) is 0 Å². The predicted octanol–water partition coefficient (Wildman–Crippen LogP) is 1.88. The molecular weight excluding hydrogens is 226 g/mol. The van der Waals surface area contributed by atoms with Crippen LogP contribution < -0.4 is 5.73 Å². The molecule has 2 unspecified atom stereocenters. The van der Waals surface area contributed by atoms with E-state index in [4.69, 9.17) is 10.5 Å². The summed E-state index contributed by atoms with van der Waals surface area (Å²) < 4.78 is 5.83. The van der Waals surface area contributed by atoms with Crippen LogP contribution in [0.3, 0.4) is 0 Å². The fourth-order valence-corrected chi connectivity index (χ4v) is 2.56. The van der Waals surface area contributed by atoms with Crippen molar-refractivity contribution in [2.75, 3.05) is 13.2 Å². The van der Waals surface area contributed by atoms with Gasteiger partial charge < -0.3 is 15.6 Å². The van der Waals surface area contributed by atoms with Gasteiger partial charge in [-0.2, -0.15) is 0 Å². The SMILES string of the molecule is NC1(CO)CCC(OCCCc2ccccc2)C1. The molecule has 0 radical (unpaired) electrons. The van der Waals surface area contributed by atoms with Gasteiger partial charge in [0.25, 0.3) is 0 Å². The fraction of sp³-hybridized carbons (Fsp3) is 0.600. The number of hydrogen-bond acceptors (Lipinski definition) is 3. The third-order valence-electron chi connectivity index (χ3n) is 3.72. The molecule has 1 fully saturated rings. The molecule has 1 aromatic rings. The van der Waals surface area contributed by atoms with Gasteiger partial charge in [0.1, 0.15) is 0 Å². The lowest BCUT2D eigenvalue weighted by Gasteiger charge is -2.20. The summed E-state index contributed by atoms with van der Waals surface area (Å²) >= 11 is 0. The second-order valence-corrected chi connectivity index (χ2v) is 5.35. The minimum Gasteiger partial charge on any atom is -0.394 e. The van der Waals surface area contributed by atoms with E-state index in [1.165, 1.54) is 5.56 Å². The van der Waals surface area contributed by atoms with Crippen molar-refractivity contribution in [2.24, 2.45) is 5.73 Å². The monoisotopic (exact) mass is 249 g/mol. The molecule has 0 amide bonds. The van der Waals surface area contributed by atoms with Gasteiger partial charge in [-0.25, -0.2) is 0 Å². The van der Waals surface area contributed by atoms with Gasteiger partial charge in [-0.1, -0.05) is 30.3 Å². The van der Waals surface area contributed by atoms with Crippen LogP contribution in [-0.2, 0) is 11.2 Å². The largest absolute Gasteiger partial charge is 0.394 e. The van der Waals surface area contributed by atoms with Gasteiger partial charge in [0.2, 0.25) is 0 Å². The van der Waals surface area contributed by atoms with E-state index in [2.05, 4.69) is 24.3 Å². The topological polar surface area (TPSA) is 55.5 Å². The highest BCUT2D eigenvalue weighted by atomic mass is 16.5. The number of aliphatic hydroxyl groups excluding tert-OH is 1. The van der Waals surface area contributed by atoms with Gasteiger partial charge in [-0.05, 0) is 37.7 Å². The number of rotatable bonds is 6. The van der Waals surface area contributed by atoms with Gasteiger partial charge in [-0.3, -0.25) is 0 Å². The van der Waals surface area contributed by atoms with Crippen LogP contribution in [0.1, 0.15) is 31.2 Å². The molecule has 3 heteroatoms. The van der Waals surface area contributed by atoms with Crippen molar-refractivity contribution in [3.05, 3.63) is 35.9 Å². The van der Waals surface area contributed by atoms with Crippen molar-refractivity contribution in [2.45, 2.75) is 43.7 Å². The molecule has 0 bridgehead atoms. The van der Waals surface area contributed by atoms with E-state index < -0.39 is 5.54 Å². The first-order valence-corrected chi connectivity index (χ1v) is 6.77. The van der Waals surface area contributed by atoms with E-state index >= 15 is 0 Å². The summed E-state index contributed by atoms with van der Waals surface area (Å²) in [6.07, 6.45) is 4.96. The van der Waals surface area contributed by atoms with Crippen LogP contribution in [0, 0.1) is 0 Å². The molecule has 0 heterocycles. The first-order chi connectivity index (χ1) is 8.72. The summed E-state index contributed by atoms with van der Waals surface area (Å²) in [5.74, 6) is 0. The van der Waals surface area contributed by atoms with Crippen LogP contribution >= 0.6 is 0 Å². The number of ether oxygens (including phenoxy) is 1. The molecule has 3 N–H and O–H groups in total. The number of aryl methyl sites for hydroxylation is 1. The number of benzene rings is 1. The number of nitrogens with two attached hydrogens (primary N) is 1. The molecule has 3 nitrogen and oxygen atoms in total. The molecular formula is C15H23NO2. The van der Waals surface area contributed by atoms with E-state index in [0.717, 1.165) is 38.7 Å². The van der Waals surface area contributed by atoms with E-state index in [-0.39, 0.29) is 12.7 Å². The van der Waals surface area contributed by atoms with E-state index in [9.17, 15) is 5.11 Å². The Morgan fingerprint density at radius 1 is 1.33 bits per heavy atom. The third-order valence-corrected chi connectivity index (χ3v) is 3.72. The van der Waals surface area contributed by atoms with E-state index in [1.54, 1.807) is 0 Å². The lowest BCUT2D eigenvalue weighted by Crippen LogP contribution is -2.41. The van der Waals surface area contributed by atoms with Crippen molar-refractivity contribution >= 4 is 0 Å². The Morgan fingerprint density at radius 3 is 2.78 bits per heavy atom. The van der Waals surface area contributed by atoms with Crippen LogP contribution in [0.25, 0.3) is 0 Å². The smallest absolute Gasteiger partial charge is 0.0612 e. The Labute approximate surface area is 109 Å². The Hall–Kier alpha value is -0.900. The molecule has 2 rings (SSSR count). The first-order valence-electron chi connectivity index (χ1n) is 6.77. The average molecular weight is 249 g/mol. The van der Waals surface area contributed by atoms with Gasteiger partial charge in [0.05, 0.1) is 12.7 Å². The quantitative estimate of drug-likeness (QED) is 0.757. The summed E-state index contributed by atoms with van der Waals surface area (Å²) in [5.41, 5.74) is 6.97. The molecule has 18 heavy (non-hydrogen) atoms. The molecule has 0 aliphatic heterocycles. The maximum Gasteiger partial charge on any atom is 0.0612 e. The summed E-state index contributed by atoms with van der Waals surface area (Å²) in [5, 5.41) is 9.18. The molecule has 0 spiro atoms. The fourth-order valence-electron chi connectivity index (χ4n) is 2.56. The minimum absolute atomic E-state index is 0.0663. The Balaban J connectivity index is 1.62. The maximum absolute atomic E-state index is 9.18. The maximum atomic E-state index is 9.18. The zero-order valence-corrected chi connectivity index (χ0v) is 10.8. The average Bonchev–Trinajstić information content (AvgIpc) is 2.79. The second-order valence-electron chi connectivity index (χ2n) is 5.35. The molecule has 0 saturated heterocycles. The molecule has 0 aromatic heterocycles. The van der Waals surface area contributed by atoms with Gasteiger partial charge >= 0.3 is 0 Å². The van der Waals surface area contributed by atoms with Gasteiger partial charge in [0.15, 0.2) is 0 Å². The first kappa shape index (κ1) is 13.5. The lowest BCUT2D eigenvalue weighted by atomic mass is 10.0. The lowest BCUT2D eigenvalue weighted by molar-refractivity contribution is 0.0492. The van der Waals surface area contributed by atoms with Crippen LogP contribution in [0.4, 0.5) is 0 Å². The van der Waals surface area contributed by atoms with Crippen molar-refractivity contribution in [3.8, 4) is 0 Å². The highest BCUT2D eigenvalue weighted by Gasteiger charge is 2.35. The molecule has 1 aliphatic rings. The third kappa shape index (κ3) is 3.80. The summed E-state index contributed by atoms with van der Waals surface area (Å²) in [7, 11) is 0. The molecule has 100 valence electrons. The Bertz CT molecular complexity index is 355. The highest BCUT2D eigenvalue weighted by Crippen LogP contribution is 2.29. The Kier molecular flexibility index (Phi) is 4.75. The molecule has 1 aromatic carbocycles. The van der Waals surface area contributed by atoms with Crippen LogP contribution in [0.15, 0.2) is 30.3 Å². The van der Waals surface area contributed by atoms with E-state index in [1.807, 2.05) is 6.07 Å². The predicted molar refractivity (Wildman–Crippen MR) is 72.4 cm³/mol. The minimum atomic E-state index is -0.399. The number of aliphatic hydroxyl groups is 1.